The van der Waals surface area contributed by atoms with E-state index in [4.69, 9.17) is 21.1 Å². The molecule has 0 aromatic heterocycles. The Labute approximate surface area is 189 Å². The molecule has 0 fully saturated rings. The minimum atomic E-state index is -0.161. The predicted octanol–water partition coefficient (Wildman–Crippen LogP) is 6.58. The summed E-state index contributed by atoms with van der Waals surface area (Å²) in [7, 11) is 0. The maximum absolute atomic E-state index is 10.9. The van der Waals surface area contributed by atoms with Crippen LogP contribution < -0.4 is 9.47 Å². The van der Waals surface area contributed by atoms with E-state index < -0.39 is 0 Å². The van der Waals surface area contributed by atoms with Crippen LogP contribution in [0.3, 0.4) is 0 Å². The number of carbonyl (C=O) groups excluding carboxylic acids is 1. The lowest BCUT2D eigenvalue weighted by atomic mass is 9.96. The highest BCUT2D eigenvalue weighted by molar-refractivity contribution is 9.09. The van der Waals surface area contributed by atoms with Gasteiger partial charge in [-0.2, -0.15) is 0 Å². The molecule has 0 spiro atoms. The van der Waals surface area contributed by atoms with Gasteiger partial charge in [-0.25, -0.2) is 0 Å². The van der Waals surface area contributed by atoms with Gasteiger partial charge in [0.1, 0.15) is 23.9 Å². The van der Waals surface area contributed by atoms with Crippen LogP contribution in [0.2, 0.25) is 5.02 Å². The number of alkyl halides is 1. The summed E-state index contributed by atoms with van der Waals surface area (Å²) in [5.41, 5.74) is 4.36. The maximum Gasteiger partial charge on any atom is 0.153 e. The monoisotopic (exact) mass is 488 g/mol. The Morgan fingerprint density at radius 3 is 2.67 bits per heavy atom. The van der Waals surface area contributed by atoms with Gasteiger partial charge in [0.25, 0.3) is 0 Å². The third-order valence-corrected chi connectivity index (χ3v) is 5.59. The van der Waals surface area contributed by atoms with Crippen molar-refractivity contribution in [3.05, 3.63) is 76.3 Å². The average molecular weight is 490 g/mol. The lowest BCUT2D eigenvalue weighted by Crippen LogP contribution is -2.01. The minimum Gasteiger partial charge on any atom is -0.507 e. The van der Waals surface area contributed by atoms with Gasteiger partial charge in [0.15, 0.2) is 6.29 Å². The molecule has 3 aromatic rings. The fraction of sp³-hybridized carbons (Fsp3) is 0.208. The van der Waals surface area contributed by atoms with Crippen LogP contribution in [0.1, 0.15) is 27.9 Å². The Bertz CT molecular complexity index is 1040. The van der Waals surface area contributed by atoms with Crippen LogP contribution in [0.25, 0.3) is 11.1 Å². The van der Waals surface area contributed by atoms with Crippen LogP contribution in [0.4, 0.5) is 0 Å². The zero-order chi connectivity index (χ0) is 21.5. The number of hydrogen-bond acceptors (Lipinski definition) is 4. The minimum absolute atomic E-state index is 0.128. The fourth-order valence-electron chi connectivity index (χ4n) is 3.07. The van der Waals surface area contributed by atoms with E-state index >= 15 is 0 Å². The van der Waals surface area contributed by atoms with Gasteiger partial charge in [0.2, 0.25) is 0 Å². The molecule has 0 atom stereocenters. The highest BCUT2D eigenvalue weighted by Gasteiger charge is 2.11. The SMILES string of the molecule is Cc1c(COc2cc(O)c(C=O)cc2Cl)cccc1-c1cccc(OCCCBr)c1. The number of benzene rings is 3. The molecule has 1 N–H and O–H groups in total. The highest BCUT2D eigenvalue weighted by atomic mass is 79.9. The van der Waals surface area contributed by atoms with Crippen molar-refractivity contribution in [3.8, 4) is 28.4 Å². The molecule has 30 heavy (non-hydrogen) atoms. The maximum atomic E-state index is 10.9. The molecule has 4 nitrogen and oxygen atoms in total. The predicted molar refractivity (Wildman–Crippen MR) is 123 cm³/mol. The van der Waals surface area contributed by atoms with Gasteiger partial charge in [-0.1, -0.05) is 57.9 Å². The van der Waals surface area contributed by atoms with Gasteiger partial charge in [0.05, 0.1) is 17.2 Å². The van der Waals surface area contributed by atoms with E-state index in [2.05, 4.69) is 28.1 Å². The standard InChI is InChI=1S/C24H22BrClO4/c1-16-18(15-30-24-13-23(28)19(14-27)12-22(24)26)6-3-8-21(16)17-5-2-7-20(11-17)29-10-4-9-25/h2-3,5-8,11-14,28H,4,9-10,15H2,1H3. The molecule has 0 radical (unpaired) electrons. The van der Waals surface area contributed by atoms with E-state index in [1.165, 1.54) is 12.1 Å². The van der Waals surface area contributed by atoms with Gasteiger partial charge in [-0.05, 0) is 53.8 Å². The summed E-state index contributed by atoms with van der Waals surface area (Å²) in [6, 6.07) is 16.8. The number of ether oxygens (including phenoxy) is 2. The molecule has 0 unspecified atom stereocenters. The van der Waals surface area contributed by atoms with Crippen molar-refractivity contribution in [2.24, 2.45) is 0 Å². The summed E-state index contributed by atoms with van der Waals surface area (Å²) in [5, 5.41) is 11.1. The van der Waals surface area contributed by atoms with Crippen LogP contribution in [-0.2, 0) is 6.61 Å². The zero-order valence-corrected chi connectivity index (χ0v) is 18.9. The van der Waals surface area contributed by atoms with Crippen LogP contribution in [0.15, 0.2) is 54.6 Å². The molecular weight excluding hydrogens is 468 g/mol. The molecular formula is C24H22BrClO4. The third-order valence-electron chi connectivity index (χ3n) is 4.73. The lowest BCUT2D eigenvalue weighted by molar-refractivity contribution is 0.112. The van der Waals surface area contributed by atoms with E-state index in [-0.39, 0.29) is 22.9 Å². The number of carbonyl (C=O) groups is 1. The van der Waals surface area contributed by atoms with Crippen LogP contribution >= 0.6 is 27.5 Å². The molecule has 3 aromatic carbocycles. The summed E-state index contributed by atoms with van der Waals surface area (Å²) in [4.78, 5) is 10.9. The second kappa shape index (κ2) is 10.5. The Hall–Kier alpha value is -2.50. The van der Waals surface area contributed by atoms with E-state index in [1.54, 1.807) is 0 Å². The second-order valence-electron chi connectivity index (χ2n) is 6.76. The van der Waals surface area contributed by atoms with Crippen molar-refractivity contribution in [2.45, 2.75) is 20.0 Å². The van der Waals surface area contributed by atoms with E-state index in [0.717, 1.165) is 39.8 Å². The average Bonchev–Trinajstić information content (AvgIpc) is 2.75. The topological polar surface area (TPSA) is 55.8 Å². The van der Waals surface area contributed by atoms with Gasteiger partial charge in [-0.15, -0.1) is 0 Å². The normalized spacial score (nSPS) is 10.6. The van der Waals surface area contributed by atoms with E-state index in [0.29, 0.717) is 18.6 Å². The van der Waals surface area contributed by atoms with Crippen molar-refractivity contribution in [3.63, 3.8) is 0 Å². The van der Waals surface area contributed by atoms with Crippen molar-refractivity contribution >= 4 is 33.8 Å². The largest absolute Gasteiger partial charge is 0.507 e. The first-order valence-corrected chi connectivity index (χ1v) is 11.0. The van der Waals surface area contributed by atoms with Gasteiger partial charge in [0, 0.05) is 11.4 Å². The van der Waals surface area contributed by atoms with Crippen LogP contribution in [0.5, 0.6) is 17.2 Å². The molecule has 6 heteroatoms. The second-order valence-corrected chi connectivity index (χ2v) is 7.96. The molecule has 0 saturated carbocycles. The quantitative estimate of drug-likeness (QED) is 0.210. The number of aldehydes is 1. The Balaban J connectivity index is 1.80. The van der Waals surface area contributed by atoms with Crippen molar-refractivity contribution in [1.82, 2.24) is 0 Å². The Morgan fingerprint density at radius 2 is 1.90 bits per heavy atom. The van der Waals surface area contributed by atoms with Crippen molar-refractivity contribution in [2.75, 3.05) is 11.9 Å². The summed E-state index contributed by atoms with van der Waals surface area (Å²) >= 11 is 9.58. The summed E-state index contributed by atoms with van der Waals surface area (Å²) in [6.45, 7) is 2.99. The Kier molecular flexibility index (Phi) is 7.77. The molecule has 0 aliphatic rings. The molecule has 0 bridgehead atoms. The summed E-state index contributed by atoms with van der Waals surface area (Å²) in [6.07, 6.45) is 1.50. The fourth-order valence-corrected chi connectivity index (χ4v) is 3.52. The first-order valence-electron chi connectivity index (χ1n) is 9.51. The number of hydrogen-bond donors (Lipinski definition) is 1. The first-order chi connectivity index (χ1) is 14.5. The zero-order valence-electron chi connectivity index (χ0n) is 16.5. The van der Waals surface area contributed by atoms with E-state index in [9.17, 15) is 9.90 Å². The molecule has 3 rings (SSSR count). The Morgan fingerprint density at radius 1 is 1.10 bits per heavy atom. The van der Waals surface area contributed by atoms with Crippen LogP contribution in [-0.4, -0.2) is 23.3 Å². The first kappa shape index (κ1) is 22.2. The molecule has 0 amide bonds. The molecule has 0 aliphatic heterocycles. The molecule has 0 saturated heterocycles. The number of aromatic hydroxyl groups is 1. The lowest BCUT2D eigenvalue weighted by Gasteiger charge is -2.15. The number of phenols is 1. The van der Waals surface area contributed by atoms with Gasteiger partial charge < -0.3 is 14.6 Å². The summed E-state index contributed by atoms with van der Waals surface area (Å²) < 4.78 is 11.6. The number of halogens is 2. The van der Waals surface area contributed by atoms with Gasteiger partial charge in [-0.3, -0.25) is 4.79 Å². The van der Waals surface area contributed by atoms with Crippen molar-refractivity contribution < 1.29 is 19.4 Å². The van der Waals surface area contributed by atoms with Gasteiger partial charge >= 0.3 is 0 Å². The number of rotatable bonds is 9. The van der Waals surface area contributed by atoms with Crippen molar-refractivity contribution in [1.29, 1.82) is 0 Å². The van der Waals surface area contributed by atoms with E-state index in [1.807, 2.05) is 37.3 Å². The number of phenolic OH excluding ortho intramolecular Hbond substituents is 1. The summed E-state index contributed by atoms with van der Waals surface area (Å²) in [5.74, 6) is 1.00. The molecule has 0 aliphatic carbocycles. The smallest absolute Gasteiger partial charge is 0.153 e. The highest BCUT2D eigenvalue weighted by Crippen LogP contribution is 2.33. The molecule has 156 valence electrons. The third kappa shape index (κ3) is 5.35. The molecule has 0 heterocycles. The van der Waals surface area contributed by atoms with Crippen LogP contribution in [0, 0.1) is 6.92 Å².